The summed E-state index contributed by atoms with van der Waals surface area (Å²) in [5, 5.41) is -0.385. The Balaban J connectivity index is 2.96. The molecule has 0 saturated carbocycles. The summed E-state index contributed by atoms with van der Waals surface area (Å²) in [6.45, 7) is 5.29. The van der Waals surface area contributed by atoms with Crippen molar-refractivity contribution in [1.29, 1.82) is 0 Å². The van der Waals surface area contributed by atoms with E-state index in [-0.39, 0.29) is 11.3 Å². The molecule has 0 spiro atoms. The lowest BCUT2D eigenvalue weighted by Gasteiger charge is -2.26. The predicted molar refractivity (Wildman–Crippen MR) is 66.7 cm³/mol. The number of nitrogens with zero attached hydrogens (tertiary/aromatic N) is 1. The summed E-state index contributed by atoms with van der Waals surface area (Å²) in [5.74, 6) is 0. The Morgan fingerprint density at radius 3 is 2.00 bits per heavy atom. The minimum atomic E-state index is -3.19. The second-order valence-electron chi connectivity index (χ2n) is 4.20. The monoisotopic (exact) mass is 241 g/mol. The summed E-state index contributed by atoms with van der Waals surface area (Å²) in [4.78, 5) is 0. The van der Waals surface area contributed by atoms with Crippen LogP contribution in [0.3, 0.4) is 0 Å². The van der Waals surface area contributed by atoms with Crippen molar-refractivity contribution in [2.45, 2.75) is 32.1 Å². The van der Waals surface area contributed by atoms with Crippen LogP contribution in [0, 0.1) is 0 Å². The molecule has 0 heterocycles. The second kappa shape index (κ2) is 4.97. The molecule has 0 bridgehead atoms. The zero-order valence-electron chi connectivity index (χ0n) is 10.2. The molecule has 1 aromatic carbocycles. The van der Waals surface area contributed by atoms with E-state index in [1.54, 1.807) is 20.9 Å². The average molecular weight is 241 g/mol. The molecule has 0 radical (unpaired) electrons. The minimum Gasteiger partial charge on any atom is -0.212 e. The number of rotatable bonds is 4. The van der Waals surface area contributed by atoms with Crippen LogP contribution in [0.5, 0.6) is 0 Å². The lowest BCUT2D eigenvalue weighted by atomic mass is 10.1. The Bertz CT molecular complexity index is 426. The third kappa shape index (κ3) is 2.62. The molecule has 1 rings (SSSR count). The molecule has 1 unspecified atom stereocenters. The third-order valence-corrected chi connectivity index (χ3v) is 5.13. The molecule has 0 aliphatic heterocycles. The molecule has 0 aromatic heterocycles. The lowest BCUT2D eigenvalue weighted by Crippen LogP contribution is -2.35. The van der Waals surface area contributed by atoms with Crippen LogP contribution < -0.4 is 0 Å². The lowest BCUT2D eigenvalue weighted by molar-refractivity contribution is 0.394. The van der Waals surface area contributed by atoms with E-state index in [0.717, 1.165) is 5.56 Å². The first kappa shape index (κ1) is 13.2. The molecule has 0 saturated heterocycles. The van der Waals surface area contributed by atoms with Gasteiger partial charge < -0.3 is 0 Å². The fraction of sp³-hybridized carbons (Fsp3) is 0.500. The number of hydrogen-bond acceptors (Lipinski definition) is 2. The van der Waals surface area contributed by atoms with Crippen molar-refractivity contribution in [2.75, 3.05) is 7.05 Å². The fourth-order valence-electron chi connectivity index (χ4n) is 1.49. The van der Waals surface area contributed by atoms with Gasteiger partial charge in [0.15, 0.2) is 0 Å². The van der Waals surface area contributed by atoms with Gasteiger partial charge in [-0.2, -0.15) is 4.31 Å². The van der Waals surface area contributed by atoms with Crippen molar-refractivity contribution in [2.24, 2.45) is 0 Å². The molecule has 0 aliphatic rings. The Kier molecular flexibility index (Phi) is 4.10. The van der Waals surface area contributed by atoms with Crippen LogP contribution in [0.2, 0.25) is 0 Å². The van der Waals surface area contributed by atoms with Gasteiger partial charge in [0, 0.05) is 13.1 Å². The molecule has 16 heavy (non-hydrogen) atoms. The Hall–Kier alpha value is -0.870. The highest BCUT2D eigenvalue weighted by Crippen LogP contribution is 2.22. The summed E-state index contributed by atoms with van der Waals surface area (Å²) >= 11 is 0. The van der Waals surface area contributed by atoms with Crippen molar-refractivity contribution < 1.29 is 8.42 Å². The molecular formula is C12H19NO2S. The van der Waals surface area contributed by atoms with E-state index in [9.17, 15) is 8.42 Å². The van der Waals surface area contributed by atoms with Gasteiger partial charge in [0.1, 0.15) is 0 Å². The van der Waals surface area contributed by atoms with Gasteiger partial charge in [-0.05, 0) is 26.3 Å². The molecule has 3 nitrogen and oxygen atoms in total. The zero-order valence-corrected chi connectivity index (χ0v) is 11.0. The van der Waals surface area contributed by atoms with Gasteiger partial charge in [-0.3, -0.25) is 0 Å². The molecule has 0 amide bonds. The van der Waals surface area contributed by atoms with E-state index < -0.39 is 10.0 Å². The van der Waals surface area contributed by atoms with Crippen molar-refractivity contribution in [3.05, 3.63) is 35.9 Å². The standard InChI is InChI=1S/C12H19NO2S/c1-10(2)16(14,15)13(4)11(3)12-8-6-5-7-9-12/h5-11H,1-4H3. The highest BCUT2D eigenvalue weighted by molar-refractivity contribution is 7.89. The quantitative estimate of drug-likeness (QED) is 0.812. The molecule has 1 atom stereocenters. The van der Waals surface area contributed by atoms with Crippen LogP contribution in [-0.2, 0) is 10.0 Å². The topological polar surface area (TPSA) is 37.4 Å². The summed E-state index contributed by atoms with van der Waals surface area (Å²) in [6, 6.07) is 9.51. The number of hydrogen-bond donors (Lipinski definition) is 0. The maximum absolute atomic E-state index is 12.0. The first-order chi connectivity index (χ1) is 7.37. The number of benzene rings is 1. The average Bonchev–Trinajstić information content (AvgIpc) is 2.28. The van der Waals surface area contributed by atoms with Gasteiger partial charge in [-0.1, -0.05) is 30.3 Å². The smallest absolute Gasteiger partial charge is 0.212 e. The third-order valence-electron chi connectivity index (χ3n) is 2.82. The fourth-order valence-corrected chi connectivity index (χ4v) is 2.72. The predicted octanol–water partition coefficient (Wildman–Crippen LogP) is 2.42. The molecule has 4 heteroatoms. The van der Waals surface area contributed by atoms with Gasteiger partial charge in [0.2, 0.25) is 10.0 Å². The van der Waals surface area contributed by atoms with E-state index in [2.05, 4.69) is 0 Å². The molecule has 1 aromatic rings. The van der Waals surface area contributed by atoms with E-state index >= 15 is 0 Å². The van der Waals surface area contributed by atoms with Crippen LogP contribution in [0.1, 0.15) is 32.4 Å². The molecule has 90 valence electrons. The van der Waals surface area contributed by atoms with Crippen molar-refractivity contribution in [3.63, 3.8) is 0 Å². The summed E-state index contributed by atoms with van der Waals surface area (Å²) in [6.07, 6.45) is 0. The Labute approximate surface area is 98.1 Å². The maximum Gasteiger partial charge on any atom is 0.216 e. The van der Waals surface area contributed by atoms with Crippen LogP contribution in [0.4, 0.5) is 0 Å². The van der Waals surface area contributed by atoms with Crippen molar-refractivity contribution >= 4 is 10.0 Å². The van der Waals surface area contributed by atoms with E-state index in [0.29, 0.717) is 0 Å². The van der Waals surface area contributed by atoms with Gasteiger partial charge in [-0.15, -0.1) is 0 Å². The Morgan fingerprint density at radius 2 is 1.56 bits per heavy atom. The second-order valence-corrected chi connectivity index (χ2v) is 6.75. The molecule has 0 aliphatic carbocycles. The summed E-state index contributed by atoms with van der Waals surface area (Å²) in [5.41, 5.74) is 1.01. The van der Waals surface area contributed by atoms with Crippen molar-refractivity contribution in [3.8, 4) is 0 Å². The zero-order chi connectivity index (χ0) is 12.3. The van der Waals surface area contributed by atoms with Crippen LogP contribution in [0.25, 0.3) is 0 Å². The maximum atomic E-state index is 12.0. The van der Waals surface area contributed by atoms with Gasteiger partial charge in [0.05, 0.1) is 5.25 Å². The largest absolute Gasteiger partial charge is 0.216 e. The van der Waals surface area contributed by atoms with Crippen molar-refractivity contribution in [1.82, 2.24) is 4.31 Å². The van der Waals surface area contributed by atoms with Gasteiger partial charge in [0.25, 0.3) is 0 Å². The SMILES string of the molecule is CC(c1ccccc1)N(C)S(=O)(=O)C(C)C. The highest BCUT2D eigenvalue weighted by atomic mass is 32.2. The first-order valence-corrected chi connectivity index (χ1v) is 6.89. The molecule has 0 fully saturated rings. The summed E-state index contributed by atoms with van der Waals surface area (Å²) in [7, 11) is -1.56. The van der Waals surface area contributed by atoms with E-state index in [1.807, 2.05) is 37.3 Å². The van der Waals surface area contributed by atoms with Crippen LogP contribution in [0.15, 0.2) is 30.3 Å². The van der Waals surface area contributed by atoms with E-state index in [4.69, 9.17) is 0 Å². The van der Waals surface area contributed by atoms with Gasteiger partial charge in [-0.25, -0.2) is 8.42 Å². The van der Waals surface area contributed by atoms with E-state index in [1.165, 1.54) is 4.31 Å². The number of sulfonamides is 1. The molecular weight excluding hydrogens is 222 g/mol. The normalized spacial score (nSPS) is 14.4. The molecule has 0 N–H and O–H groups in total. The minimum absolute atomic E-state index is 0.131. The Morgan fingerprint density at radius 1 is 1.06 bits per heavy atom. The van der Waals surface area contributed by atoms with Crippen LogP contribution >= 0.6 is 0 Å². The van der Waals surface area contributed by atoms with Gasteiger partial charge >= 0.3 is 0 Å². The first-order valence-electron chi connectivity index (χ1n) is 5.39. The van der Waals surface area contributed by atoms with Crippen LogP contribution in [-0.4, -0.2) is 25.0 Å². The highest BCUT2D eigenvalue weighted by Gasteiger charge is 2.26. The summed E-state index contributed by atoms with van der Waals surface area (Å²) < 4.78 is 25.4.